The lowest BCUT2D eigenvalue weighted by Crippen LogP contribution is -2.54. The lowest BCUT2D eigenvalue weighted by molar-refractivity contribution is -0.122. The Labute approximate surface area is 306 Å². The maximum absolute atomic E-state index is 14.4. The van der Waals surface area contributed by atoms with E-state index in [1.807, 2.05) is 60.7 Å². The summed E-state index contributed by atoms with van der Waals surface area (Å²) < 4.78 is 6.10. The van der Waals surface area contributed by atoms with Crippen molar-refractivity contribution in [2.75, 3.05) is 22.9 Å². The SMILES string of the molecule is O=C1NC(=O)N(c2cc3c4c(c2)[C@H](c2ccccc2)CCN4CC[C@H]3c2ccccc2)C(=O)/C1=C/c1cc(Cl)ccc1OCc1cccc(Cl)c1. The first kappa shape index (κ1) is 32.8. The first-order chi connectivity index (χ1) is 24.8. The van der Waals surface area contributed by atoms with Gasteiger partial charge in [0.25, 0.3) is 11.8 Å². The average Bonchev–Trinajstić information content (AvgIpc) is 3.14. The van der Waals surface area contributed by atoms with E-state index in [1.165, 1.54) is 17.2 Å². The number of hydrogen-bond donors (Lipinski definition) is 1. The molecule has 0 spiro atoms. The fourth-order valence-electron chi connectivity index (χ4n) is 7.57. The van der Waals surface area contributed by atoms with Crippen LogP contribution in [0.3, 0.4) is 0 Å². The topological polar surface area (TPSA) is 79.0 Å². The Bertz CT molecular complexity index is 2130. The molecule has 3 aliphatic heterocycles. The zero-order valence-corrected chi connectivity index (χ0v) is 29.0. The monoisotopic (exact) mass is 713 g/mol. The number of anilines is 2. The van der Waals surface area contributed by atoms with Crippen LogP contribution in [-0.2, 0) is 16.2 Å². The molecule has 1 fully saturated rings. The van der Waals surface area contributed by atoms with Gasteiger partial charge in [-0.2, -0.15) is 0 Å². The quantitative estimate of drug-likeness (QED) is 0.134. The minimum Gasteiger partial charge on any atom is -0.488 e. The smallest absolute Gasteiger partial charge is 0.335 e. The molecule has 1 N–H and O–H groups in total. The molecule has 8 rings (SSSR count). The zero-order valence-electron chi connectivity index (χ0n) is 27.5. The Morgan fingerprint density at radius 1 is 0.725 bits per heavy atom. The van der Waals surface area contributed by atoms with Gasteiger partial charge >= 0.3 is 6.03 Å². The molecule has 0 saturated carbocycles. The van der Waals surface area contributed by atoms with Crippen LogP contribution in [0.15, 0.2) is 121 Å². The van der Waals surface area contributed by atoms with E-state index in [0.717, 1.165) is 53.2 Å². The number of barbiturate groups is 1. The van der Waals surface area contributed by atoms with Crippen molar-refractivity contribution >= 4 is 58.5 Å². The van der Waals surface area contributed by atoms with Crippen LogP contribution < -0.4 is 19.9 Å². The van der Waals surface area contributed by atoms with Crippen molar-refractivity contribution in [2.24, 2.45) is 0 Å². The van der Waals surface area contributed by atoms with Crippen LogP contribution in [0.25, 0.3) is 6.08 Å². The minimum absolute atomic E-state index is 0.0657. The number of ether oxygens (including phenoxy) is 1. The van der Waals surface area contributed by atoms with Gasteiger partial charge in [0.1, 0.15) is 17.9 Å². The summed E-state index contributed by atoms with van der Waals surface area (Å²) in [6.07, 6.45) is 3.22. The highest BCUT2D eigenvalue weighted by Gasteiger charge is 2.40. The number of nitrogens with one attached hydrogen (secondary N) is 1. The maximum Gasteiger partial charge on any atom is 0.335 e. The van der Waals surface area contributed by atoms with E-state index in [0.29, 0.717) is 27.0 Å². The molecule has 51 heavy (non-hydrogen) atoms. The second-order valence-electron chi connectivity index (χ2n) is 13.0. The summed E-state index contributed by atoms with van der Waals surface area (Å²) >= 11 is 12.5. The van der Waals surface area contributed by atoms with Crippen molar-refractivity contribution in [3.8, 4) is 5.75 Å². The molecule has 7 nitrogen and oxygen atoms in total. The first-order valence-electron chi connectivity index (χ1n) is 16.9. The number of amides is 4. The molecule has 9 heteroatoms. The largest absolute Gasteiger partial charge is 0.488 e. The molecular weight excluding hydrogens is 681 g/mol. The number of nitrogens with zero attached hydrogens (tertiary/aromatic N) is 2. The van der Waals surface area contributed by atoms with E-state index < -0.39 is 17.8 Å². The Balaban J connectivity index is 1.22. The molecule has 0 aliphatic carbocycles. The summed E-state index contributed by atoms with van der Waals surface area (Å²) in [5, 5.41) is 3.39. The van der Waals surface area contributed by atoms with Gasteiger partial charge in [0, 0.05) is 46.2 Å². The summed E-state index contributed by atoms with van der Waals surface area (Å²) in [4.78, 5) is 44.9. The van der Waals surface area contributed by atoms with Gasteiger partial charge in [0.05, 0.1) is 5.69 Å². The lowest BCUT2D eigenvalue weighted by atomic mass is 9.76. The summed E-state index contributed by atoms with van der Waals surface area (Å²) in [6.45, 7) is 2.02. The third-order valence-corrected chi connectivity index (χ3v) is 10.4. The number of carbonyl (C=O) groups is 3. The van der Waals surface area contributed by atoms with Crippen molar-refractivity contribution < 1.29 is 19.1 Å². The molecule has 0 aromatic heterocycles. The third-order valence-electron chi connectivity index (χ3n) is 9.91. The molecule has 5 aromatic rings. The highest BCUT2D eigenvalue weighted by Crippen LogP contribution is 2.50. The standard InChI is InChI=1S/C42H33Cl2N3O4/c43-30-13-7-8-26(20-30)25-51-38-15-14-31(44)21-29(38)22-37-40(48)45-42(50)47(41(37)49)32-23-35-33(27-9-3-1-4-10-27)16-18-46-19-17-34(36(24-32)39(35)46)28-11-5-2-6-12-28/h1-15,20-24,33-34H,16-19,25H2,(H,45,48,50)/b37-22+/t33-,34-/m0/s1. The zero-order chi connectivity index (χ0) is 35.1. The van der Waals surface area contributed by atoms with Crippen LogP contribution in [0.5, 0.6) is 5.75 Å². The van der Waals surface area contributed by atoms with Gasteiger partial charge in [0.15, 0.2) is 0 Å². The average molecular weight is 715 g/mol. The van der Waals surface area contributed by atoms with E-state index in [-0.39, 0.29) is 24.0 Å². The van der Waals surface area contributed by atoms with Crippen molar-refractivity contribution in [1.29, 1.82) is 0 Å². The Kier molecular flexibility index (Phi) is 8.84. The number of urea groups is 1. The third kappa shape index (κ3) is 6.39. The van der Waals surface area contributed by atoms with E-state index in [1.54, 1.807) is 30.3 Å². The summed E-state index contributed by atoms with van der Waals surface area (Å²) in [6, 6.07) is 36.1. The fourth-order valence-corrected chi connectivity index (χ4v) is 7.96. The van der Waals surface area contributed by atoms with Crippen LogP contribution >= 0.6 is 23.2 Å². The van der Waals surface area contributed by atoms with Crippen molar-refractivity contribution in [1.82, 2.24) is 5.32 Å². The van der Waals surface area contributed by atoms with Crippen LogP contribution in [0.1, 0.15) is 58.1 Å². The van der Waals surface area contributed by atoms with Gasteiger partial charge in [-0.25, -0.2) is 9.69 Å². The van der Waals surface area contributed by atoms with Crippen molar-refractivity contribution in [3.63, 3.8) is 0 Å². The predicted molar refractivity (Wildman–Crippen MR) is 201 cm³/mol. The van der Waals surface area contributed by atoms with Crippen molar-refractivity contribution in [2.45, 2.75) is 31.3 Å². The number of halogens is 2. The minimum atomic E-state index is -0.797. The first-order valence-corrected chi connectivity index (χ1v) is 17.7. The molecule has 2 atom stereocenters. The van der Waals surface area contributed by atoms with Crippen LogP contribution in [0, 0.1) is 0 Å². The number of hydrogen-bond acceptors (Lipinski definition) is 5. The molecule has 254 valence electrons. The van der Waals surface area contributed by atoms with E-state index in [9.17, 15) is 14.4 Å². The molecule has 5 aromatic carbocycles. The second-order valence-corrected chi connectivity index (χ2v) is 13.9. The van der Waals surface area contributed by atoms with Crippen LogP contribution in [0.4, 0.5) is 16.2 Å². The highest BCUT2D eigenvalue weighted by molar-refractivity contribution is 6.39. The lowest BCUT2D eigenvalue weighted by Gasteiger charge is -2.44. The number of imide groups is 2. The van der Waals surface area contributed by atoms with Crippen LogP contribution in [-0.4, -0.2) is 30.9 Å². The van der Waals surface area contributed by atoms with Gasteiger partial charge in [0.2, 0.25) is 0 Å². The molecule has 0 radical (unpaired) electrons. The van der Waals surface area contributed by atoms with Gasteiger partial charge < -0.3 is 9.64 Å². The van der Waals surface area contributed by atoms with Gasteiger partial charge in [-0.05, 0) is 89.2 Å². The van der Waals surface area contributed by atoms with Gasteiger partial charge in [-0.1, -0.05) is 96.0 Å². The van der Waals surface area contributed by atoms with Crippen LogP contribution in [0.2, 0.25) is 10.0 Å². The Morgan fingerprint density at radius 3 is 1.98 bits per heavy atom. The summed E-state index contributed by atoms with van der Waals surface area (Å²) in [7, 11) is 0. The normalized spacial score (nSPS) is 19.2. The van der Waals surface area contributed by atoms with E-state index in [4.69, 9.17) is 27.9 Å². The summed E-state index contributed by atoms with van der Waals surface area (Å²) in [5.74, 6) is -0.984. The van der Waals surface area contributed by atoms with E-state index in [2.05, 4.69) is 34.5 Å². The molecule has 0 unspecified atom stereocenters. The Hall–Kier alpha value is -5.37. The molecule has 3 aliphatic rings. The van der Waals surface area contributed by atoms with Gasteiger partial charge in [-0.3, -0.25) is 14.9 Å². The predicted octanol–water partition coefficient (Wildman–Crippen LogP) is 9.12. The van der Waals surface area contributed by atoms with Crippen molar-refractivity contribution in [3.05, 3.63) is 164 Å². The summed E-state index contributed by atoms with van der Waals surface area (Å²) in [5.41, 5.74) is 7.11. The number of carbonyl (C=O) groups excluding carboxylic acids is 3. The number of benzene rings is 5. The van der Waals surface area contributed by atoms with Gasteiger partial charge in [-0.15, -0.1) is 0 Å². The molecule has 1 saturated heterocycles. The van der Waals surface area contributed by atoms with E-state index >= 15 is 0 Å². The molecular formula is C42H33Cl2N3O4. The molecule has 0 bridgehead atoms. The maximum atomic E-state index is 14.4. The Morgan fingerprint density at radius 2 is 1.35 bits per heavy atom. The molecule has 3 heterocycles. The highest BCUT2D eigenvalue weighted by atomic mass is 35.5. The molecule has 4 amide bonds. The number of rotatable bonds is 7. The second kappa shape index (κ2) is 13.7. The fraction of sp³-hybridized carbons (Fsp3) is 0.167.